The molecule has 0 aliphatic carbocycles. The second-order valence-electron chi connectivity index (χ2n) is 10.9. The SMILES string of the molecule is CC(C)(C)c1ccc(NC(=O)NCc2ccc(-c3cnc4cc(-c5ccc(S(C)(=O)=O)cc5)ccn34)cc2)cc1. The second kappa shape index (κ2) is 10.6. The van der Waals surface area contributed by atoms with E-state index in [1.165, 1.54) is 11.8 Å². The summed E-state index contributed by atoms with van der Waals surface area (Å²) in [6, 6.07) is 26.5. The van der Waals surface area contributed by atoms with Gasteiger partial charge in [0.15, 0.2) is 9.84 Å². The zero-order chi connectivity index (χ0) is 28.5. The smallest absolute Gasteiger partial charge is 0.319 e. The molecule has 40 heavy (non-hydrogen) atoms. The van der Waals surface area contributed by atoms with Crippen LogP contribution in [0.3, 0.4) is 0 Å². The van der Waals surface area contributed by atoms with Crippen LogP contribution in [0.25, 0.3) is 28.0 Å². The van der Waals surface area contributed by atoms with Gasteiger partial charge in [-0.1, -0.05) is 69.3 Å². The number of carbonyl (C=O) groups excluding carboxylic acids is 1. The first-order valence-corrected chi connectivity index (χ1v) is 14.9. The molecule has 0 aliphatic rings. The van der Waals surface area contributed by atoms with Gasteiger partial charge in [0.1, 0.15) is 5.65 Å². The van der Waals surface area contributed by atoms with E-state index in [1.54, 1.807) is 12.1 Å². The highest BCUT2D eigenvalue weighted by Gasteiger charge is 2.13. The third kappa shape index (κ3) is 6.07. The summed E-state index contributed by atoms with van der Waals surface area (Å²) in [4.78, 5) is 17.3. The number of aromatic nitrogens is 2. The van der Waals surface area contributed by atoms with E-state index >= 15 is 0 Å². The lowest BCUT2D eigenvalue weighted by Crippen LogP contribution is -2.28. The van der Waals surface area contributed by atoms with Crippen LogP contribution in [0.5, 0.6) is 0 Å². The fourth-order valence-corrected chi connectivity index (χ4v) is 5.10. The number of anilines is 1. The number of fused-ring (bicyclic) bond motifs is 1. The lowest BCUT2D eigenvalue weighted by molar-refractivity contribution is 0.251. The Balaban J connectivity index is 1.23. The first-order chi connectivity index (χ1) is 19.0. The number of nitrogens with zero attached hydrogens (tertiary/aromatic N) is 2. The maximum absolute atomic E-state index is 12.4. The Hall–Kier alpha value is -4.43. The lowest BCUT2D eigenvalue weighted by Gasteiger charge is -2.19. The molecule has 0 bridgehead atoms. The molecule has 8 heteroatoms. The Morgan fingerprint density at radius 3 is 2.12 bits per heavy atom. The molecule has 0 saturated carbocycles. The molecule has 204 valence electrons. The Kier molecular flexibility index (Phi) is 7.21. The number of pyridine rings is 1. The summed E-state index contributed by atoms with van der Waals surface area (Å²) in [6.45, 7) is 6.88. The zero-order valence-electron chi connectivity index (χ0n) is 23.0. The summed E-state index contributed by atoms with van der Waals surface area (Å²) in [5.74, 6) is 0. The standard InChI is InChI=1S/C32H32N4O3S/c1-32(2,3)26-11-13-27(14-12-26)35-31(37)34-20-22-5-7-24(8-6-22)29-21-33-30-19-25(17-18-36(29)30)23-9-15-28(16-10-23)40(4,38)39/h5-19,21H,20H2,1-4H3,(H2,34,35,37). The molecule has 5 aromatic rings. The van der Waals surface area contributed by atoms with Gasteiger partial charge >= 0.3 is 6.03 Å². The molecule has 2 amide bonds. The van der Waals surface area contributed by atoms with Crippen LogP contribution in [0.15, 0.2) is 102 Å². The van der Waals surface area contributed by atoms with Crippen LogP contribution in [0.2, 0.25) is 0 Å². The van der Waals surface area contributed by atoms with Gasteiger partial charge in [-0.05, 0) is 64.1 Å². The molecule has 0 spiro atoms. The van der Waals surface area contributed by atoms with Gasteiger partial charge in [0, 0.05) is 30.2 Å². The van der Waals surface area contributed by atoms with Crippen molar-refractivity contribution >= 4 is 27.2 Å². The number of rotatable bonds is 6. The van der Waals surface area contributed by atoms with Crippen LogP contribution < -0.4 is 10.6 Å². The van der Waals surface area contributed by atoms with Crippen molar-refractivity contribution in [2.45, 2.75) is 37.6 Å². The number of hydrogen-bond acceptors (Lipinski definition) is 4. The van der Waals surface area contributed by atoms with Crippen LogP contribution in [0, 0.1) is 0 Å². The van der Waals surface area contributed by atoms with Gasteiger partial charge in [-0.25, -0.2) is 18.2 Å². The molecule has 2 N–H and O–H groups in total. The van der Waals surface area contributed by atoms with Gasteiger partial charge < -0.3 is 10.6 Å². The van der Waals surface area contributed by atoms with E-state index in [1.807, 2.05) is 89.6 Å². The van der Waals surface area contributed by atoms with Crippen molar-refractivity contribution in [1.82, 2.24) is 14.7 Å². The van der Waals surface area contributed by atoms with Crippen molar-refractivity contribution < 1.29 is 13.2 Å². The number of amides is 2. The van der Waals surface area contributed by atoms with E-state index in [9.17, 15) is 13.2 Å². The highest BCUT2D eigenvalue weighted by molar-refractivity contribution is 7.90. The highest BCUT2D eigenvalue weighted by Crippen LogP contribution is 2.27. The minimum Gasteiger partial charge on any atom is -0.334 e. The summed E-state index contributed by atoms with van der Waals surface area (Å²) >= 11 is 0. The first-order valence-electron chi connectivity index (χ1n) is 13.0. The molecular weight excluding hydrogens is 520 g/mol. The normalized spacial score (nSPS) is 11.9. The van der Waals surface area contributed by atoms with Gasteiger partial charge in [0.2, 0.25) is 0 Å². The highest BCUT2D eigenvalue weighted by atomic mass is 32.2. The molecule has 0 radical (unpaired) electrons. The molecule has 0 atom stereocenters. The first kappa shape index (κ1) is 27.1. The van der Waals surface area contributed by atoms with Crippen molar-refractivity contribution in [3.8, 4) is 22.4 Å². The lowest BCUT2D eigenvalue weighted by atomic mass is 9.87. The average Bonchev–Trinajstić information content (AvgIpc) is 3.35. The van der Waals surface area contributed by atoms with Crippen molar-refractivity contribution in [3.05, 3.63) is 108 Å². The zero-order valence-corrected chi connectivity index (χ0v) is 23.8. The van der Waals surface area contributed by atoms with E-state index < -0.39 is 9.84 Å². The van der Waals surface area contributed by atoms with Gasteiger partial charge in [-0.2, -0.15) is 0 Å². The molecule has 0 saturated heterocycles. The van der Waals surface area contributed by atoms with Crippen LogP contribution in [-0.2, 0) is 21.8 Å². The van der Waals surface area contributed by atoms with Gasteiger partial charge in [-0.15, -0.1) is 0 Å². The molecule has 0 aliphatic heterocycles. The maximum atomic E-state index is 12.4. The van der Waals surface area contributed by atoms with Crippen LogP contribution in [0.4, 0.5) is 10.5 Å². The summed E-state index contributed by atoms with van der Waals surface area (Å²) < 4.78 is 25.5. The average molecular weight is 553 g/mol. The largest absolute Gasteiger partial charge is 0.334 e. The van der Waals surface area contributed by atoms with Crippen LogP contribution in [-0.4, -0.2) is 30.1 Å². The van der Waals surface area contributed by atoms with E-state index in [0.717, 1.165) is 39.3 Å². The van der Waals surface area contributed by atoms with Gasteiger partial charge in [0.25, 0.3) is 0 Å². The van der Waals surface area contributed by atoms with Crippen LogP contribution >= 0.6 is 0 Å². The molecule has 0 unspecified atom stereocenters. The number of carbonyl (C=O) groups is 1. The molecule has 2 heterocycles. The van der Waals surface area contributed by atoms with E-state index in [-0.39, 0.29) is 11.4 Å². The third-order valence-corrected chi connectivity index (χ3v) is 7.97. The Morgan fingerprint density at radius 2 is 1.50 bits per heavy atom. The minimum atomic E-state index is -3.23. The summed E-state index contributed by atoms with van der Waals surface area (Å²) in [5.41, 5.74) is 7.63. The summed E-state index contributed by atoms with van der Waals surface area (Å²) in [6.07, 6.45) is 5.00. The monoisotopic (exact) mass is 552 g/mol. The summed E-state index contributed by atoms with van der Waals surface area (Å²) in [5, 5.41) is 5.79. The number of imidazole rings is 1. The van der Waals surface area contributed by atoms with Crippen molar-refractivity contribution in [1.29, 1.82) is 0 Å². The third-order valence-electron chi connectivity index (χ3n) is 6.84. The molecule has 5 rings (SSSR count). The number of benzene rings is 3. The number of nitrogens with one attached hydrogen (secondary N) is 2. The second-order valence-corrected chi connectivity index (χ2v) is 12.9. The Morgan fingerprint density at radius 1 is 0.850 bits per heavy atom. The van der Waals surface area contributed by atoms with Crippen molar-refractivity contribution in [3.63, 3.8) is 0 Å². The van der Waals surface area contributed by atoms with E-state index in [4.69, 9.17) is 0 Å². The molecule has 3 aromatic carbocycles. The fourth-order valence-electron chi connectivity index (χ4n) is 4.47. The molecule has 0 fully saturated rings. The Labute approximate surface area is 234 Å². The van der Waals surface area contributed by atoms with Crippen LogP contribution in [0.1, 0.15) is 31.9 Å². The fraction of sp³-hybridized carbons (Fsp3) is 0.188. The quantitative estimate of drug-likeness (QED) is 0.245. The number of hydrogen-bond donors (Lipinski definition) is 2. The summed E-state index contributed by atoms with van der Waals surface area (Å²) in [7, 11) is -3.23. The number of urea groups is 1. The van der Waals surface area contributed by atoms with E-state index in [2.05, 4.69) is 36.4 Å². The van der Waals surface area contributed by atoms with Crippen molar-refractivity contribution in [2.75, 3.05) is 11.6 Å². The predicted molar refractivity (Wildman–Crippen MR) is 160 cm³/mol. The van der Waals surface area contributed by atoms with Crippen molar-refractivity contribution in [2.24, 2.45) is 0 Å². The Bertz CT molecular complexity index is 1770. The topological polar surface area (TPSA) is 92.6 Å². The molecule has 2 aromatic heterocycles. The van der Waals surface area contributed by atoms with E-state index in [0.29, 0.717) is 11.4 Å². The maximum Gasteiger partial charge on any atom is 0.319 e. The predicted octanol–water partition coefficient (Wildman–Crippen LogP) is 6.69. The van der Waals surface area contributed by atoms with Gasteiger partial charge in [0.05, 0.1) is 16.8 Å². The number of sulfone groups is 1. The molecule has 7 nitrogen and oxygen atoms in total. The minimum absolute atomic E-state index is 0.0647. The van der Waals surface area contributed by atoms with Gasteiger partial charge in [-0.3, -0.25) is 4.40 Å². The molecular formula is C32H32N4O3S.